The van der Waals surface area contributed by atoms with E-state index in [-0.39, 0.29) is 41.8 Å². The van der Waals surface area contributed by atoms with Crippen molar-refractivity contribution < 1.29 is 71.9 Å². The third kappa shape index (κ3) is 4.81. The summed E-state index contributed by atoms with van der Waals surface area (Å²) in [5, 5.41) is 31.4. The van der Waals surface area contributed by atoms with E-state index in [9.17, 15) is 35.8 Å². The van der Waals surface area contributed by atoms with Crippen molar-refractivity contribution in [2.45, 2.75) is 9.79 Å². The Labute approximate surface area is 191 Å². The van der Waals surface area contributed by atoms with Crippen LogP contribution in [0.1, 0.15) is 12.0 Å². The number of carbonyl (C=O) groups is 1. The monoisotopic (exact) mass is 467 g/mol. The van der Waals surface area contributed by atoms with Crippen LogP contribution in [0.4, 0.5) is 11.6 Å². The summed E-state index contributed by atoms with van der Waals surface area (Å²) in [5.74, 6) is -3.60. The molecule has 0 fully saturated rings. The predicted molar refractivity (Wildman–Crippen MR) is 93.9 cm³/mol. The maximum absolute atomic E-state index is 11.5. The second-order valence-electron chi connectivity index (χ2n) is 5.39. The number of hydrogen-bond donors (Lipinski definition) is 5. The van der Waals surface area contributed by atoms with E-state index in [1.165, 1.54) is 0 Å². The van der Waals surface area contributed by atoms with Crippen molar-refractivity contribution in [1.29, 1.82) is 0 Å². The second kappa shape index (κ2) is 8.34. The number of hydrogen-bond acceptors (Lipinski definition) is 10. The molecule has 0 saturated carbocycles. The molecule has 0 unspecified atom stereocenters. The van der Waals surface area contributed by atoms with Gasteiger partial charge in [-0.2, -0.15) is 21.8 Å². The van der Waals surface area contributed by atoms with Gasteiger partial charge in [0.1, 0.15) is 10.6 Å². The van der Waals surface area contributed by atoms with Crippen LogP contribution < -0.4 is 29.6 Å². The summed E-state index contributed by atoms with van der Waals surface area (Å²) in [6.45, 7) is 0. The zero-order valence-electron chi connectivity index (χ0n) is 15.7. The molecule has 0 aliphatic heterocycles. The molecule has 0 bridgehead atoms. The van der Waals surface area contributed by atoms with Crippen LogP contribution in [0.3, 0.4) is 0 Å². The van der Waals surface area contributed by atoms with E-state index in [1.807, 2.05) is 5.10 Å². The van der Waals surface area contributed by atoms with Crippen molar-refractivity contribution in [3.63, 3.8) is 0 Å². The Hall–Kier alpha value is -2.47. The first-order chi connectivity index (χ1) is 13.4. The van der Waals surface area contributed by atoms with Crippen molar-refractivity contribution in [1.82, 2.24) is 15.2 Å². The fourth-order valence-electron chi connectivity index (χ4n) is 2.27. The number of aromatic amines is 1. The third-order valence-electron chi connectivity index (χ3n) is 3.52. The molecule has 1 heterocycles. The molecule has 154 valence electrons. The largest absolute Gasteiger partial charge is 1.00 e. The number of carboxylic acids is 1. The number of benzene rings is 2. The zero-order chi connectivity index (χ0) is 21.6. The molecule has 0 radical (unpaired) electrons. The smallest absolute Gasteiger partial charge is 1.00 e. The summed E-state index contributed by atoms with van der Waals surface area (Å²) in [6, 6.07) is 3.79. The molecule has 0 aliphatic carbocycles. The number of aromatic carboxylic acids is 1. The van der Waals surface area contributed by atoms with Gasteiger partial charge in [0.25, 0.3) is 26.2 Å². The number of azo groups is 1. The molecule has 0 aliphatic rings. The van der Waals surface area contributed by atoms with Gasteiger partial charge >= 0.3 is 35.5 Å². The van der Waals surface area contributed by atoms with E-state index in [0.717, 1.165) is 24.3 Å². The summed E-state index contributed by atoms with van der Waals surface area (Å²) in [6.07, 6.45) is 0. The number of nitrogens with one attached hydrogen (secondary N) is 1. The zero-order valence-corrected chi connectivity index (χ0v) is 18.4. The van der Waals surface area contributed by atoms with Crippen LogP contribution in [0.2, 0.25) is 0 Å². The molecule has 0 saturated heterocycles. The van der Waals surface area contributed by atoms with Gasteiger partial charge in [0.15, 0.2) is 5.75 Å². The summed E-state index contributed by atoms with van der Waals surface area (Å²) >= 11 is 0. The first kappa shape index (κ1) is 23.8. The molecule has 17 heteroatoms. The van der Waals surface area contributed by atoms with Crippen LogP contribution in [0, 0.1) is 0 Å². The summed E-state index contributed by atoms with van der Waals surface area (Å²) in [5.41, 5.74) is -0.609. The van der Waals surface area contributed by atoms with Gasteiger partial charge in [-0.3, -0.25) is 14.2 Å². The van der Waals surface area contributed by atoms with Gasteiger partial charge < -0.3 is 11.6 Å². The van der Waals surface area contributed by atoms with Crippen molar-refractivity contribution in [3.05, 3.63) is 30.1 Å². The fraction of sp³-hybridized carbons (Fsp3) is 0. The van der Waals surface area contributed by atoms with E-state index in [1.54, 1.807) is 0 Å². The van der Waals surface area contributed by atoms with Crippen LogP contribution >= 0.6 is 0 Å². The van der Waals surface area contributed by atoms with E-state index in [4.69, 9.17) is 5.11 Å². The topological polar surface area (TPSA) is 233 Å². The van der Waals surface area contributed by atoms with Crippen molar-refractivity contribution in [2.75, 3.05) is 0 Å². The van der Waals surface area contributed by atoms with Gasteiger partial charge in [0, 0.05) is 5.39 Å². The van der Waals surface area contributed by atoms with Crippen molar-refractivity contribution >= 4 is 48.6 Å². The van der Waals surface area contributed by atoms with E-state index >= 15 is 0 Å². The average molecular weight is 467 g/mol. The molecule has 1 aromatic heterocycles. The molecule has 2 aromatic carbocycles. The first-order valence-corrected chi connectivity index (χ1v) is 10.1. The van der Waals surface area contributed by atoms with Gasteiger partial charge in [-0.15, -0.1) is 15.3 Å². The van der Waals surface area contributed by atoms with Gasteiger partial charge in [-0.05, 0) is 23.6 Å². The molecule has 0 amide bonds. The summed E-state index contributed by atoms with van der Waals surface area (Å²) < 4.78 is 64.3. The molecule has 0 spiro atoms. The normalized spacial score (nSPS) is 12.2. The van der Waals surface area contributed by atoms with Crippen LogP contribution in [-0.2, 0) is 20.2 Å². The number of nitrogens with zero attached hydrogens (tertiary/aromatic N) is 4. The Morgan fingerprint density at radius 2 is 1.73 bits per heavy atom. The maximum atomic E-state index is 11.5. The van der Waals surface area contributed by atoms with Crippen molar-refractivity contribution in [2.24, 2.45) is 10.2 Å². The molecular formula is C13H10N5NaO9S2. The van der Waals surface area contributed by atoms with E-state index in [0.29, 0.717) is 0 Å². The number of H-pyrrole nitrogens is 1. The van der Waals surface area contributed by atoms with Crippen LogP contribution in [0.5, 0.6) is 5.75 Å². The predicted octanol–water partition coefficient (Wildman–Crippen LogP) is -1.61. The van der Waals surface area contributed by atoms with Gasteiger partial charge in [0.05, 0.1) is 4.90 Å². The molecule has 3 aromatic rings. The number of rotatable bonds is 5. The minimum absolute atomic E-state index is 0. The fourth-order valence-corrected chi connectivity index (χ4v) is 3.39. The van der Waals surface area contributed by atoms with Gasteiger partial charge in [0.2, 0.25) is 5.82 Å². The summed E-state index contributed by atoms with van der Waals surface area (Å²) in [4.78, 5) is 12.7. The number of aromatic hydroxyl groups is 1. The Bertz CT molecular complexity index is 1410. The number of phenols is 1. The molecule has 3 rings (SSSR count). The molecule has 14 nitrogen and oxygen atoms in total. The van der Waals surface area contributed by atoms with Crippen LogP contribution in [-0.4, -0.2) is 57.3 Å². The Kier molecular flexibility index (Phi) is 6.62. The van der Waals surface area contributed by atoms with Gasteiger partial charge in [-0.25, -0.2) is 4.79 Å². The molecule has 5 N–H and O–H groups in total. The summed E-state index contributed by atoms with van der Waals surface area (Å²) in [7, 11) is -9.56. The first-order valence-electron chi connectivity index (χ1n) is 7.20. The Morgan fingerprint density at radius 3 is 2.27 bits per heavy atom. The quantitative estimate of drug-likeness (QED) is 0.163. The second-order valence-corrected chi connectivity index (χ2v) is 8.21. The Morgan fingerprint density at radius 1 is 1.07 bits per heavy atom. The number of aromatic nitrogens is 3. The van der Waals surface area contributed by atoms with Gasteiger partial charge in [-0.1, -0.05) is 6.07 Å². The molecule has 0 atom stereocenters. The van der Waals surface area contributed by atoms with Crippen LogP contribution in [0.15, 0.2) is 44.3 Å². The molecule has 30 heavy (non-hydrogen) atoms. The number of carboxylic acid groups (broad SMARTS) is 1. The number of phenolic OH excluding ortho intramolecular Hbond substituents is 1. The van der Waals surface area contributed by atoms with Crippen molar-refractivity contribution in [3.8, 4) is 5.75 Å². The number of fused-ring (bicyclic) bond motifs is 1. The van der Waals surface area contributed by atoms with Crippen LogP contribution in [0.25, 0.3) is 10.8 Å². The third-order valence-corrected chi connectivity index (χ3v) is 5.23. The average Bonchev–Trinajstić information content (AvgIpc) is 3.07. The SMILES string of the molecule is O=C(O)c1nc(N=Nc2c(O)c(S(=O)(=O)O)cc3ccc(S(=O)(=O)O)cc23)n[nH]1.[H-].[Na+]. The maximum Gasteiger partial charge on any atom is 1.00 e. The van der Waals surface area contributed by atoms with E-state index in [2.05, 4.69) is 20.3 Å². The minimum atomic E-state index is -4.91. The molecular weight excluding hydrogens is 457 g/mol. The van der Waals surface area contributed by atoms with E-state index < -0.39 is 59.2 Å². The standard InChI is InChI=1S/C13H9N5O9S2.Na.H/c19-10-8(29(25,26)27)3-5-1-2-6(28(22,23)24)4-7(5)9(10)15-17-13-14-11(12(20)21)16-18-13;;/h1-4,19H,(H,20,21)(H,14,16,18)(H,22,23,24)(H,25,26,27);;/q;+1;-1. The Balaban J connectivity index is 0.00000240. The minimum Gasteiger partial charge on any atom is -1.00 e.